The Labute approximate surface area is 194 Å². The number of rotatable bonds is 9. The number of nitrogens with zero attached hydrogens (tertiary/aromatic N) is 2. The first kappa shape index (κ1) is 23.0. The van der Waals surface area contributed by atoms with Gasteiger partial charge in [0.1, 0.15) is 12.4 Å². The van der Waals surface area contributed by atoms with E-state index in [9.17, 15) is 4.79 Å². The molecule has 0 amide bonds. The van der Waals surface area contributed by atoms with Gasteiger partial charge in [0.25, 0.3) is 0 Å². The summed E-state index contributed by atoms with van der Waals surface area (Å²) in [5, 5.41) is 0.818. The fourth-order valence-corrected chi connectivity index (χ4v) is 4.90. The molecule has 0 radical (unpaired) electrons. The summed E-state index contributed by atoms with van der Waals surface area (Å²) >= 11 is 6.48. The van der Waals surface area contributed by atoms with Crippen molar-refractivity contribution in [2.75, 3.05) is 46.1 Å². The van der Waals surface area contributed by atoms with E-state index in [1.807, 2.05) is 18.2 Å². The van der Waals surface area contributed by atoms with Crippen molar-refractivity contribution in [3.8, 4) is 11.6 Å². The predicted octanol–water partition coefficient (Wildman–Crippen LogP) is 4.61. The minimum atomic E-state index is 0.354. The van der Waals surface area contributed by atoms with Crippen LogP contribution in [-0.2, 0) is 4.74 Å². The monoisotopic (exact) mass is 458 g/mol. The Hall–Kier alpha value is -2.15. The zero-order valence-corrected chi connectivity index (χ0v) is 19.1. The molecule has 7 heteroatoms. The number of halogens is 1. The van der Waals surface area contributed by atoms with Crippen LogP contribution in [0.25, 0.3) is 0 Å². The molecular weight excluding hydrogens is 428 g/mol. The summed E-state index contributed by atoms with van der Waals surface area (Å²) in [6.07, 6.45) is 6.97. The summed E-state index contributed by atoms with van der Waals surface area (Å²) in [6, 6.07) is 9.74. The second-order valence-electron chi connectivity index (χ2n) is 8.46. The molecule has 0 bridgehead atoms. The van der Waals surface area contributed by atoms with E-state index in [0.717, 1.165) is 57.0 Å². The highest BCUT2D eigenvalue weighted by Crippen LogP contribution is 2.40. The van der Waals surface area contributed by atoms with Crippen molar-refractivity contribution >= 4 is 17.9 Å². The van der Waals surface area contributed by atoms with Crippen molar-refractivity contribution in [3.05, 3.63) is 52.7 Å². The third kappa shape index (κ3) is 6.00. The van der Waals surface area contributed by atoms with Crippen LogP contribution < -0.4 is 9.47 Å². The van der Waals surface area contributed by atoms with Gasteiger partial charge in [-0.05, 0) is 36.3 Å². The first-order valence-corrected chi connectivity index (χ1v) is 11.9. The van der Waals surface area contributed by atoms with Gasteiger partial charge >= 0.3 is 0 Å². The molecule has 1 saturated heterocycles. The standard InChI is InChI=1S/C25H31ClN2O4/c26-23-8-4-3-7-22(23)21-6-2-1-5-19(21)18-32-24-16-27-25(15-20(24)17-29)31-14-11-28-9-12-30-13-10-28/h3-4,7-8,15-17,19,21H,1-2,5-6,9-14,18H2. The Morgan fingerprint density at radius 1 is 1.16 bits per heavy atom. The summed E-state index contributed by atoms with van der Waals surface area (Å²) < 4.78 is 17.2. The Balaban J connectivity index is 1.34. The average Bonchev–Trinajstić information content (AvgIpc) is 2.84. The van der Waals surface area contributed by atoms with Gasteiger partial charge in [0.2, 0.25) is 5.88 Å². The zero-order chi connectivity index (χ0) is 22.2. The SMILES string of the molecule is O=Cc1cc(OCCN2CCOCC2)ncc1OCC1CCCCC1c1ccccc1Cl. The Bertz CT molecular complexity index is 888. The van der Waals surface area contributed by atoms with Gasteiger partial charge in [-0.25, -0.2) is 4.98 Å². The van der Waals surface area contributed by atoms with Crippen molar-refractivity contribution in [2.45, 2.75) is 31.6 Å². The van der Waals surface area contributed by atoms with E-state index in [4.69, 9.17) is 25.8 Å². The minimum absolute atomic E-state index is 0.354. The summed E-state index contributed by atoms with van der Waals surface area (Å²) in [7, 11) is 0. The van der Waals surface area contributed by atoms with Crippen LogP contribution in [0.3, 0.4) is 0 Å². The maximum atomic E-state index is 11.7. The second kappa shape index (κ2) is 11.6. The number of pyridine rings is 1. The van der Waals surface area contributed by atoms with E-state index in [0.29, 0.717) is 42.2 Å². The van der Waals surface area contributed by atoms with E-state index in [1.165, 1.54) is 18.4 Å². The van der Waals surface area contributed by atoms with Crippen LogP contribution in [0.4, 0.5) is 0 Å². The first-order chi connectivity index (χ1) is 15.7. The lowest BCUT2D eigenvalue weighted by molar-refractivity contribution is 0.0320. The summed E-state index contributed by atoms with van der Waals surface area (Å²) in [5.74, 6) is 1.67. The van der Waals surface area contributed by atoms with Gasteiger partial charge in [-0.2, -0.15) is 0 Å². The normalized spacial score (nSPS) is 21.8. The molecule has 1 saturated carbocycles. The summed E-state index contributed by atoms with van der Waals surface area (Å²) in [4.78, 5) is 18.3. The molecule has 1 aliphatic carbocycles. The van der Waals surface area contributed by atoms with Gasteiger partial charge in [0, 0.05) is 30.7 Å². The van der Waals surface area contributed by atoms with E-state index >= 15 is 0 Å². The Morgan fingerprint density at radius 2 is 1.97 bits per heavy atom. The molecule has 2 atom stereocenters. The van der Waals surface area contributed by atoms with E-state index in [-0.39, 0.29) is 0 Å². The van der Waals surface area contributed by atoms with Gasteiger partial charge in [0.15, 0.2) is 6.29 Å². The number of benzene rings is 1. The molecule has 1 aromatic carbocycles. The van der Waals surface area contributed by atoms with Crippen molar-refractivity contribution in [1.29, 1.82) is 0 Å². The van der Waals surface area contributed by atoms with Gasteiger partial charge in [0.05, 0.1) is 31.6 Å². The van der Waals surface area contributed by atoms with Gasteiger partial charge in [-0.1, -0.05) is 42.6 Å². The van der Waals surface area contributed by atoms with E-state index < -0.39 is 0 Å². The maximum Gasteiger partial charge on any atom is 0.214 e. The summed E-state index contributed by atoms with van der Waals surface area (Å²) in [6.45, 7) is 5.22. The number of morpholine rings is 1. The van der Waals surface area contributed by atoms with Crippen LogP contribution >= 0.6 is 11.6 Å². The second-order valence-corrected chi connectivity index (χ2v) is 8.87. The average molecular weight is 459 g/mol. The number of hydrogen-bond donors (Lipinski definition) is 0. The lowest BCUT2D eigenvalue weighted by atomic mass is 9.76. The van der Waals surface area contributed by atoms with Crippen molar-refractivity contribution in [1.82, 2.24) is 9.88 Å². The zero-order valence-electron chi connectivity index (χ0n) is 18.4. The molecule has 172 valence electrons. The number of carbonyl (C=O) groups excluding carboxylic acids is 1. The number of carbonyl (C=O) groups is 1. The molecule has 2 heterocycles. The number of hydrogen-bond acceptors (Lipinski definition) is 6. The van der Waals surface area contributed by atoms with Crippen LogP contribution in [0.5, 0.6) is 11.6 Å². The molecule has 4 rings (SSSR count). The first-order valence-electron chi connectivity index (χ1n) is 11.5. The van der Waals surface area contributed by atoms with Crippen LogP contribution in [0, 0.1) is 5.92 Å². The predicted molar refractivity (Wildman–Crippen MR) is 124 cm³/mol. The molecule has 2 fully saturated rings. The molecule has 32 heavy (non-hydrogen) atoms. The number of aromatic nitrogens is 1. The molecule has 2 aliphatic rings. The van der Waals surface area contributed by atoms with Crippen LogP contribution in [-0.4, -0.2) is 62.2 Å². The van der Waals surface area contributed by atoms with Gasteiger partial charge < -0.3 is 14.2 Å². The topological polar surface area (TPSA) is 60.9 Å². The third-order valence-electron chi connectivity index (χ3n) is 6.43. The smallest absolute Gasteiger partial charge is 0.214 e. The highest BCUT2D eigenvalue weighted by Gasteiger charge is 2.28. The van der Waals surface area contributed by atoms with E-state index in [2.05, 4.69) is 16.0 Å². The minimum Gasteiger partial charge on any atom is -0.491 e. The number of ether oxygens (including phenoxy) is 3. The van der Waals surface area contributed by atoms with Crippen molar-refractivity contribution in [2.24, 2.45) is 5.92 Å². The molecule has 1 aromatic heterocycles. The molecule has 2 aromatic rings. The van der Waals surface area contributed by atoms with Crippen molar-refractivity contribution in [3.63, 3.8) is 0 Å². The molecule has 2 unspecified atom stereocenters. The Kier molecular flexibility index (Phi) is 8.37. The fourth-order valence-electron chi connectivity index (χ4n) is 4.62. The fraction of sp³-hybridized carbons (Fsp3) is 0.520. The number of aldehydes is 1. The largest absolute Gasteiger partial charge is 0.491 e. The van der Waals surface area contributed by atoms with Gasteiger partial charge in [-0.3, -0.25) is 9.69 Å². The van der Waals surface area contributed by atoms with Crippen LogP contribution in [0.2, 0.25) is 5.02 Å². The van der Waals surface area contributed by atoms with E-state index in [1.54, 1.807) is 12.3 Å². The summed E-state index contributed by atoms with van der Waals surface area (Å²) in [5.41, 5.74) is 1.66. The van der Waals surface area contributed by atoms with Gasteiger partial charge in [-0.15, -0.1) is 0 Å². The molecule has 0 N–H and O–H groups in total. The molecular formula is C25H31ClN2O4. The highest BCUT2D eigenvalue weighted by atomic mass is 35.5. The third-order valence-corrected chi connectivity index (χ3v) is 6.77. The van der Waals surface area contributed by atoms with Crippen LogP contribution in [0.1, 0.15) is 47.5 Å². The lowest BCUT2D eigenvalue weighted by Gasteiger charge is -2.32. The highest BCUT2D eigenvalue weighted by molar-refractivity contribution is 6.31. The quantitative estimate of drug-likeness (QED) is 0.511. The van der Waals surface area contributed by atoms with Crippen LogP contribution in [0.15, 0.2) is 36.5 Å². The molecule has 1 aliphatic heterocycles. The molecule has 0 spiro atoms. The maximum absolute atomic E-state index is 11.7. The molecule has 6 nitrogen and oxygen atoms in total. The Morgan fingerprint density at radius 3 is 2.78 bits per heavy atom. The van der Waals surface area contributed by atoms with Crippen molar-refractivity contribution < 1.29 is 19.0 Å². The lowest BCUT2D eigenvalue weighted by Crippen LogP contribution is -2.38.